The van der Waals surface area contributed by atoms with E-state index < -0.39 is 0 Å². The van der Waals surface area contributed by atoms with Crippen molar-refractivity contribution >= 4 is 26.9 Å². The van der Waals surface area contributed by atoms with Gasteiger partial charge in [-0.2, -0.15) is 0 Å². The summed E-state index contributed by atoms with van der Waals surface area (Å²) in [6.07, 6.45) is 3.72. The van der Waals surface area contributed by atoms with Gasteiger partial charge in [-0.05, 0) is 36.6 Å². The largest absolute Gasteiger partial charge is 0.459 e. The van der Waals surface area contributed by atoms with Crippen LogP contribution in [-0.2, 0) is 0 Å². The molecule has 16 heavy (non-hydrogen) atoms. The predicted molar refractivity (Wildman–Crippen MR) is 68.2 cm³/mol. The van der Waals surface area contributed by atoms with Gasteiger partial charge < -0.3 is 10.2 Å². The summed E-state index contributed by atoms with van der Waals surface area (Å²) in [5.74, 6) is 1.75. The molecule has 1 aliphatic carbocycles. The fourth-order valence-corrected chi connectivity index (χ4v) is 2.38. The number of halogens is 1. The molecule has 0 radical (unpaired) electrons. The molecule has 0 aliphatic heterocycles. The molecule has 1 aliphatic rings. The second-order valence-corrected chi connectivity index (χ2v) is 5.53. The van der Waals surface area contributed by atoms with Crippen LogP contribution in [0.5, 0.6) is 0 Å². The highest BCUT2D eigenvalue weighted by Crippen LogP contribution is 2.37. The molecule has 3 rings (SSSR count). The Morgan fingerprint density at radius 3 is 2.94 bits per heavy atom. The van der Waals surface area contributed by atoms with Crippen LogP contribution in [0.15, 0.2) is 33.2 Å². The summed E-state index contributed by atoms with van der Waals surface area (Å²) < 4.78 is 6.82. The van der Waals surface area contributed by atoms with Crippen LogP contribution >= 0.6 is 15.9 Å². The molecule has 1 heterocycles. The average Bonchev–Trinajstić information content (AvgIpc) is 2.95. The van der Waals surface area contributed by atoms with E-state index in [1.807, 2.05) is 12.1 Å². The Morgan fingerprint density at radius 2 is 2.19 bits per heavy atom. The molecule has 3 heteroatoms. The number of furan rings is 1. The molecule has 0 bridgehead atoms. The fourth-order valence-electron chi connectivity index (χ4n) is 2.04. The lowest BCUT2D eigenvalue weighted by Gasteiger charge is -2.06. The first-order valence-electron chi connectivity index (χ1n) is 5.67. The number of fused-ring (bicyclic) bond motifs is 1. The first-order chi connectivity index (χ1) is 7.72. The van der Waals surface area contributed by atoms with E-state index in [-0.39, 0.29) is 6.04 Å². The zero-order chi connectivity index (χ0) is 11.1. The van der Waals surface area contributed by atoms with Crippen molar-refractivity contribution in [1.29, 1.82) is 0 Å². The molecule has 1 aromatic heterocycles. The molecule has 1 unspecified atom stereocenters. The maximum Gasteiger partial charge on any atom is 0.135 e. The number of rotatable bonds is 3. The van der Waals surface area contributed by atoms with E-state index in [2.05, 4.69) is 28.1 Å². The highest BCUT2D eigenvalue weighted by molar-refractivity contribution is 9.10. The van der Waals surface area contributed by atoms with Crippen LogP contribution < -0.4 is 5.73 Å². The van der Waals surface area contributed by atoms with Gasteiger partial charge in [-0.25, -0.2) is 0 Å². The van der Waals surface area contributed by atoms with Crippen molar-refractivity contribution in [3.63, 3.8) is 0 Å². The van der Waals surface area contributed by atoms with Crippen molar-refractivity contribution in [2.24, 2.45) is 11.7 Å². The standard InChI is InChI=1S/C13H14BrNO/c14-10-4-3-9-6-13(16-12(9)7-10)11(15)5-8-1-2-8/h3-4,6-8,11H,1-2,5,15H2. The van der Waals surface area contributed by atoms with Crippen LogP contribution in [-0.4, -0.2) is 0 Å². The SMILES string of the molecule is NC(CC1CC1)c1cc2ccc(Br)cc2o1. The molecule has 0 saturated heterocycles. The van der Waals surface area contributed by atoms with Crippen LogP contribution in [0, 0.1) is 5.92 Å². The van der Waals surface area contributed by atoms with Gasteiger partial charge in [-0.1, -0.05) is 28.8 Å². The molecule has 1 fully saturated rings. The molecule has 84 valence electrons. The predicted octanol–water partition coefficient (Wildman–Crippen LogP) is 4.00. The van der Waals surface area contributed by atoms with Crippen LogP contribution in [0.25, 0.3) is 11.0 Å². The lowest BCUT2D eigenvalue weighted by Crippen LogP contribution is -2.09. The number of benzene rings is 1. The van der Waals surface area contributed by atoms with E-state index in [9.17, 15) is 0 Å². The maximum atomic E-state index is 6.13. The normalized spacial score (nSPS) is 17.9. The molecule has 2 aromatic rings. The summed E-state index contributed by atoms with van der Waals surface area (Å²) in [6, 6.07) is 8.18. The number of nitrogens with two attached hydrogens (primary N) is 1. The first kappa shape index (κ1) is 10.4. The van der Waals surface area contributed by atoms with Crippen LogP contribution in [0.4, 0.5) is 0 Å². The van der Waals surface area contributed by atoms with Crippen molar-refractivity contribution in [1.82, 2.24) is 0 Å². The minimum Gasteiger partial charge on any atom is -0.459 e. The summed E-state index contributed by atoms with van der Waals surface area (Å²) in [4.78, 5) is 0. The smallest absolute Gasteiger partial charge is 0.135 e. The molecular formula is C13H14BrNO. The summed E-state index contributed by atoms with van der Waals surface area (Å²) in [7, 11) is 0. The van der Waals surface area contributed by atoms with Crippen molar-refractivity contribution in [3.05, 3.63) is 34.5 Å². The Hall–Kier alpha value is -0.800. The molecule has 1 atom stereocenters. The summed E-state index contributed by atoms with van der Waals surface area (Å²) in [5.41, 5.74) is 7.04. The third-order valence-corrected chi connectivity index (χ3v) is 3.64. The van der Waals surface area contributed by atoms with Gasteiger partial charge in [-0.3, -0.25) is 0 Å². The lowest BCUT2D eigenvalue weighted by molar-refractivity contribution is 0.463. The second kappa shape index (κ2) is 3.90. The van der Waals surface area contributed by atoms with Crippen LogP contribution in [0.3, 0.4) is 0 Å². The summed E-state index contributed by atoms with van der Waals surface area (Å²) in [5, 5.41) is 1.13. The second-order valence-electron chi connectivity index (χ2n) is 4.62. The zero-order valence-electron chi connectivity index (χ0n) is 8.95. The Labute approximate surface area is 103 Å². The molecule has 1 saturated carbocycles. The van der Waals surface area contributed by atoms with Gasteiger partial charge in [0.15, 0.2) is 0 Å². The highest BCUT2D eigenvalue weighted by atomic mass is 79.9. The Bertz CT molecular complexity index is 516. The van der Waals surface area contributed by atoms with E-state index in [0.717, 1.165) is 33.5 Å². The van der Waals surface area contributed by atoms with Gasteiger partial charge in [0, 0.05) is 9.86 Å². The third-order valence-electron chi connectivity index (χ3n) is 3.15. The minimum atomic E-state index is 0.0543. The highest BCUT2D eigenvalue weighted by Gasteiger charge is 2.25. The van der Waals surface area contributed by atoms with Gasteiger partial charge in [0.1, 0.15) is 11.3 Å². The third kappa shape index (κ3) is 2.02. The van der Waals surface area contributed by atoms with E-state index in [0.29, 0.717) is 0 Å². The van der Waals surface area contributed by atoms with Crippen LogP contribution in [0.1, 0.15) is 31.1 Å². The molecule has 0 spiro atoms. The monoisotopic (exact) mass is 279 g/mol. The van der Waals surface area contributed by atoms with Gasteiger partial charge in [-0.15, -0.1) is 0 Å². The molecule has 1 aromatic carbocycles. The van der Waals surface area contributed by atoms with Crippen molar-refractivity contribution < 1.29 is 4.42 Å². The topological polar surface area (TPSA) is 39.2 Å². The van der Waals surface area contributed by atoms with Gasteiger partial charge >= 0.3 is 0 Å². The van der Waals surface area contributed by atoms with E-state index in [1.54, 1.807) is 0 Å². The average molecular weight is 280 g/mol. The van der Waals surface area contributed by atoms with Gasteiger partial charge in [0.2, 0.25) is 0 Å². The molecule has 2 nitrogen and oxygen atoms in total. The van der Waals surface area contributed by atoms with E-state index >= 15 is 0 Å². The quantitative estimate of drug-likeness (QED) is 0.923. The van der Waals surface area contributed by atoms with Gasteiger partial charge in [0.25, 0.3) is 0 Å². The minimum absolute atomic E-state index is 0.0543. The lowest BCUT2D eigenvalue weighted by atomic mass is 10.1. The summed E-state index contributed by atoms with van der Waals surface area (Å²) >= 11 is 3.44. The van der Waals surface area contributed by atoms with Crippen molar-refractivity contribution in [2.45, 2.75) is 25.3 Å². The molecular weight excluding hydrogens is 266 g/mol. The Morgan fingerprint density at radius 1 is 1.38 bits per heavy atom. The Balaban J connectivity index is 1.91. The van der Waals surface area contributed by atoms with Gasteiger partial charge in [0.05, 0.1) is 6.04 Å². The molecule has 0 amide bonds. The van der Waals surface area contributed by atoms with E-state index in [4.69, 9.17) is 10.2 Å². The zero-order valence-corrected chi connectivity index (χ0v) is 10.5. The maximum absolute atomic E-state index is 6.13. The van der Waals surface area contributed by atoms with Crippen LogP contribution in [0.2, 0.25) is 0 Å². The van der Waals surface area contributed by atoms with Crippen molar-refractivity contribution in [3.8, 4) is 0 Å². The van der Waals surface area contributed by atoms with E-state index in [1.165, 1.54) is 12.8 Å². The van der Waals surface area contributed by atoms with Crippen molar-refractivity contribution in [2.75, 3.05) is 0 Å². The number of hydrogen-bond donors (Lipinski definition) is 1. The molecule has 2 N–H and O–H groups in total. The first-order valence-corrected chi connectivity index (χ1v) is 6.46. The summed E-state index contributed by atoms with van der Waals surface area (Å²) in [6.45, 7) is 0. The number of hydrogen-bond acceptors (Lipinski definition) is 2. The Kier molecular flexibility index (Phi) is 2.52. The fraction of sp³-hybridized carbons (Fsp3) is 0.385.